The Morgan fingerprint density at radius 1 is 0.758 bits per heavy atom. The quantitative estimate of drug-likeness (QED) is 0.381. The fourth-order valence-corrected chi connectivity index (χ4v) is 4.32. The van der Waals surface area contributed by atoms with E-state index in [1.165, 1.54) is 18.1 Å². The molecule has 4 rings (SSSR count). The van der Waals surface area contributed by atoms with Crippen LogP contribution in [0.25, 0.3) is 0 Å². The van der Waals surface area contributed by atoms with Crippen LogP contribution in [0.2, 0.25) is 0 Å². The van der Waals surface area contributed by atoms with E-state index < -0.39 is 0 Å². The van der Waals surface area contributed by atoms with Crippen molar-refractivity contribution in [1.29, 1.82) is 0 Å². The number of esters is 1. The Balaban J connectivity index is 1.29. The van der Waals surface area contributed by atoms with Crippen molar-refractivity contribution in [3.8, 4) is 0 Å². The van der Waals surface area contributed by atoms with Gasteiger partial charge in [-0.25, -0.2) is 4.79 Å². The topological polar surface area (TPSA) is 49.9 Å². The summed E-state index contributed by atoms with van der Waals surface area (Å²) in [5.74, 6) is -0.368. The van der Waals surface area contributed by atoms with Crippen molar-refractivity contribution in [3.63, 3.8) is 0 Å². The van der Waals surface area contributed by atoms with Gasteiger partial charge >= 0.3 is 5.97 Å². The predicted octanol–water partition coefficient (Wildman–Crippen LogP) is 4.45. The molecule has 0 atom stereocenters. The molecule has 1 saturated heterocycles. The van der Waals surface area contributed by atoms with Gasteiger partial charge in [0.15, 0.2) is 5.78 Å². The molecule has 0 saturated carbocycles. The van der Waals surface area contributed by atoms with Crippen LogP contribution in [0.4, 0.5) is 0 Å². The first-order chi connectivity index (χ1) is 16.1. The average Bonchev–Trinajstić information content (AvgIpc) is 2.86. The molecular formula is C28H30N2O3. The van der Waals surface area contributed by atoms with Gasteiger partial charge in [-0.05, 0) is 30.2 Å². The van der Waals surface area contributed by atoms with Crippen LogP contribution in [-0.4, -0.2) is 60.9 Å². The number of rotatable bonds is 8. The van der Waals surface area contributed by atoms with Gasteiger partial charge in [-0.3, -0.25) is 14.6 Å². The highest BCUT2D eigenvalue weighted by Gasteiger charge is 2.26. The highest BCUT2D eigenvalue weighted by Crippen LogP contribution is 2.29. The Labute approximate surface area is 195 Å². The summed E-state index contributed by atoms with van der Waals surface area (Å²) >= 11 is 0. The van der Waals surface area contributed by atoms with Crippen LogP contribution < -0.4 is 0 Å². The zero-order valence-corrected chi connectivity index (χ0v) is 19.0. The van der Waals surface area contributed by atoms with E-state index in [-0.39, 0.29) is 17.8 Å². The van der Waals surface area contributed by atoms with Gasteiger partial charge in [-0.15, -0.1) is 0 Å². The second-order valence-electron chi connectivity index (χ2n) is 8.37. The van der Waals surface area contributed by atoms with Crippen molar-refractivity contribution in [2.24, 2.45) is 0 Å². The van der Waals surface area contributed by atoms with Crippen LogP contribution in [0.15, 0.2) is 84.9 Å². The lowest BCUT2D eigenvalue weighted by atomic mass is 9.96. The molecule has 0 N–H and O–H groups in total. The summed E-state index contributed by atoms with van der Waals surface area (Å²) in [6.07, 6.45) is 0. The molecule has 1 aliphatic rings. The van der Waals surface area contributed by atoms with E-state index in [1.807, 2.05) is 0 Å². The molecule has 0 radical (unpaired) electrons. The van der Waals surface area contributed by atoms with Gasteiger partial charge < -0.3 is 4.74 Å². The summed E-state index contributed by atoms with van der Waals surface area (Å²) < 4.78 is 5.46. The number of carbonyl (C=O) groups excluding carboxylic acids is 2. The number of hydrogen-bond donors (Lipinski definition) is 0. The zero-order chi connectivity index (χ0) is 23.0. The molecule has 0 amide bonds. The molecule has 5 nitrogen and oxygen atoms in total. The molecule has 0 unspecified atom stereocenters. The summed E-state index contributed by atoms with van der Waals surface area (Å²) in [4.78, 5) is 28.5. The number of Topliss-reactive ketones (excluding diaryl/α,β-unsaturated/α-hetero) is 1. The minimum atomic E-state index is -0.350. The van der Waals surface area contributed by atoms with E-state index in [1.54, 1.807) is 24.3 Å². The van der Waals surface area contributed by atoms with Gasteiger partial charge in [0, 0.05) is 38.3 Å². The molecule has 0 spiro atoms. The standard InChI is InChI=1S/C28H30N2O3/c1-22(31)23-12-14-26(15-13-23)28(32)33-21-20-29-16-18-30(19-17-29)27(24-8-4-2-5-9-24)25-10-6-3-7-11-25/h2-15,27H,16-21H2,1H3. The van der Waals surface area contributed by atoms with Crippen molar-refractivity contribution in [3.05, 3.63) is 107 Å². The zero-order valence-electron chi connectivity index (χ0n) is 19.0. The van der Waals surface area contributed by atoms with Gasteiger partial charge in [0.25, 0.3) is 0 Å². The van der Waals surface area contributed by atoms with Crippen LogP contribution in [0.3, 0.4) is 0 Å². The number of carbonyl (C=O) groups is 2. The lowest BCUT2D eigenvalue weighted by Gasteiger charge is -2.39. The van der Waals surface area contributed by atoms with E-state index in [4.69, 9.17) is 4.74 Å². The minimum absolute atomic E-state index is 0.0178. The van der Waals surface area contributed by atoms with Gasteiger partial charge in [-0.1, -0.05) is 72.8 Å². The first-order valence-corrected chi connectivity index (χ1v) is 11.5. The van der Waals surface area contributed by atoms with E-state index in [9.17, 15) is 9.59 Å². The van der Waals surface area contributed by atoms with E-state index in [2.05, 4.69) is 70.5 Å². The maximum absolute atomic E-state index is 12.3. The summed E-state index contributed by atoms with van der Waals surface area (Å²) in [7, 11) is 0. The maximum Gasteiger partial charge on any atom is 0.338 e. The van der Waals surface area contributed by atoms with Gasteiger partial charge in [0.1, 0.15) is 6.61 Å². The van der Waals surface area contributed by atoms with E-state index in [0.29, 0.717) is 24.3 Å². The molecule has 0 aliphatic carbocycles. The first-order valence-electron chi connectivity index (χ1n) is 11.5. The molecule has 170 valence electrons. The molecule has 5 heteroatoms. The second kappa shape index (κ2) is 11.0. The van der Waals surface area contributed by atoms with Crippen LogP contribution in [0, 0.1) is 0 Å². The molecule has 3 aromatic rings. The number of ketones is 1. The fraction of sp³-hybridized carbons (Fsp3) is 0.286. The normalized spacial score (nSPS) is 14.8. The Bertz CT molecular complexity index is 1000. The van der Waals surface area contributed by atoms with Crippen LogP contribution in [-0.2, 0) is 4.74 Å². The number of nitrogens with zero attached hydrogens (tertiary/aromatic N) is 2. The van der Waals surface area contributed by atoms with Gasteiger partial charge in [0.2, 0.25) is 0 Å². The van der Waals surface area contributed by atoms with Crippen molar-refractivity contribution in [2.75, 3.05) is 39.3 Å². The largest absolute Gasteiger partial charge is 0.461 e. The van der Waals surface area contributed by atoms with E-state index >= 15 is 0 Å². The van der Waals surface area contributed by atoms with Crippen LogP contribution in [0.1, 0.15) is 44.8 Å². The summed E-state index contributed by atoms with van der Waals surface area (Å²) in [6.45, 7) is 6.35. The summed E-state index contributed by atoms with van der Waals surface area (Å²) in [5.41, 5.74) is 3.68. The minimum Gasteiger partial charge on any atom is -0.461 e. The lowest BCUT2D eigenvalue weighted by Crippen LogP contribution is -2.48. The third kappa shape index (κ3) is 5.95. The molecule has 0 aromatic heterocycles. The highest BCUT2D eigenvalue weighted by molar-refractivity contribution is 5.96. The third-order valence-electron chi connectivity index (χ3n) is 6.17. The van der Waals surface area contributed by atoms with Crippen LogP contribution >= 0.6 is 0 Å². The molecule has 1 aliphatic heterocycles. The number of hydrogen-bond acceptors (Lipinski definition) is 5. The fourth-order valence-electron chi connectivity index (χ4n) is 4.32. The molecule has 1 fully saturated rings. The van der Waals surface area contributed by atoms with Crippen molar-refractivity contribution in [1.82, 2.24) is 9.80 Å². The molecule has 1 heterocycles. The van der Waals surface area contributed by atoms with E-state index in [0.717, 1.165) is 26.2 Å². The predicted molar refractivity (Wildman–Crippen MR) is 129 cm³/mol. The first kappa shape index (κ1) is 22.9. The van der Waals surface area contributed by atoms with Crippen molar-refractivity contribution in [2.45, 2.75) is 13.0 Å². The second-order valence-corrected chi connectivity index (χ2v) is 8.37. The Morgan fingerprint density at radius 2 is 1.27 bits per heavy atom. The van der Waals surface area contributed by atoms with Crippen molar-refractivity contribution >= 4 is 11.8 Å². The number of ether oxygens (including phenoxy) is 1. The molecule has 0 bridgehead atoms. The van der Waals surface area contributed by atoms with Gasteiger partial charge in [0.05, 0.1) is 11.6 Å². The average molecular weight is 443 g/mol. The summed E-state index contributed by atoms with van der Waals surface area (Å²) in [5, 5.41) is 0. The highest BCUT2D eigenvalue weighted by atomic mass is 16.5. The van der Waals surface area contributed by atoms with Crippen molar-refractivity contribution < 1.29 is 14.3 Å². The maximum atomic E-state index is 12.3. The SMILES string of the molecule is CC(=O)c1ccc(C(=O)OCCN2CCN(C(c3ccccc3)c3ccccc3)CC2)cc1. The third-order valence-corrected chi connectivity index (χ3v) is 6.17. The summed E-state index contributed by atoms with van der Waals surface area (Å²) in [6, 6.07) is 28.2. The number of piperazine rings is 1. The molecule has 33 heavy (non-hydrogen) atoms. The molecular weight excluding hydrogens is 412 g/mol. The Hall–Kier alpha value is -3.28. The van der Waals surface area contributed by atoms with Crippen LogP contribution in [0.5, 0.6) is 0 Å². The van der Waals surface area contributed by atoms with Gasteiger partial charge in [-0.2, -0.15) is 0 Å². The lowest BCUT2D eigenvalue weighted by molar-refractivity contribution is 0.0407. The Kier molecular flexibility index (Phi) is 7.66. The smallest absolute Gasteiger partial charge is 0.338 e. The monoisotopic (exact) mass is 442 g/mol. The number of benzene rings is 3. The molecule has 3 aromatic carbocycles. The Morgan fingerprint density at radius 3 is 1.79 bits per heavy atom.